The van der Waals surface area contributed by atoms with Crippen LogP contribution >= 0.6 is 15.9 Å². The van der Waals surface area contributed by atoms with Crippen molar-refractivity contribution in [3.05, 3.63) is 16.1 Å². The highest BCUT2D eigenvalue weighted by Gasteiger charge is 2.34. The van der Waals surface area contributed by atoms with E-state index in [0.29, 0.717) is 12.0 Å². The van der Waals surface area contributed by atoms with Gasteiger partial charge in [-0.3, -0.25) is 0 Å². The van der Waals surface area contributed by atoms with E-state index in [1.807, 2.05) is 0 Å². The summed E-state index contributed by atoms with van der Waals surface area (Å²) in [6, 6.07) is 0. The standard InChI is InChI=1S/C14H22BrN3O/c1-2-14(4-3-5-14)10-16-8-11-13(15)17-12-9-19-7-6-18(11)12/h16H,2-10H2,1H3. The van der Waals surface area contributed by atoms with Gasteiger partial charge in [-0.25, -0.2) is 4.98 Å². The Kier molecular flexibility index (Phi) is 3.96. The molecule has 2 aliphatic rings. The highest BCUT2D eigenvalue weighted by atomic mass is 79.9. The van der Waals surface area contributed by atoms with Crippen molar-refractivity contribution >= 4 is 15.9 Å². The molecule has 2 heterocycles. The van der Waals surface area contributed by atoms with Gasteiger partial charge in [0, 0.05) is 19.6 Å². The van der Waals surface area contributed by atoms with E-state index in [0.717, 1.165) is 36.7 Å². The minimum atomic E-state index is 0.570. The molecule has 106 valence electrons. The summed E-state index contributed by atoms with van der Waals surface area (Å²) in [5.41, 5.74) is 1.84. The third-order valence-corrected chi connectivity index (χ3v) is 5.38. The molecule has 0 bridgehead atoms. The molecule has 0 spiro atoms. The van der Waals surface area contributed by atoms with Crippen LogP contribution in [0.1, 0.15) is 44.1 Å². The van der Waals surface area contributed by atoms with E-state index >= 15 is 0 Å². The second-order valence-electron chi connectivity index (χ2n) is 5.78. The number of fused-ring (bicyclic) bond motifs is 1. The monoisotopic (exact) mass is 327 g/mol. The first-order chi connectivity index (χ1) is 9.24. The number of halogens is 1. The number of aromatic nitrogens is 2. The number of nitrogens with one attached hydrogen (secondary N) is 1. The van der Waals surface area contributed by atoms with Gasteiger partial charge in [0.05, 0.1) is 12.3 Å². The third kappa shape index (κ3) is 2.60. The van der Waals surface area contributed by atoms with E-state index in [1.54, 1.807) is 0 Å². The minimum Gasteiger partial charge on any atom is -0.372 e. The number of imidazole rings is 1. The van der Waals surface area contributed by atoms with Gasteiger partial charge in [0.2, 0.25) is 0 Å². The topological polar surface area (TPSA) is 39.1 Å². The van der Waals surface area contributed by atoms with Crippen molar-refractivity contribution in [1.29, 1.82) is 0 Å². The smallest absolute Gasteiger partial charge is 0.136 e. The zero-order valence-corrected chi connectivity index (χ0v) is 13.1. The molecule has 1 aliphatic heterocycles. The summed E-state index contributed by atoms with van der Waals surface area (Å²) in [4.78, 5) is 4.54. The summed E-state index contributed by atoms with van der Waals surface area (Å²) in [7, 11) is 0. The van der Waals surface area contributed by atoms with Gasteiger partial charge in [-0.15, -0.1) is 0 Å². The molecule has 1 N–H and O–H groups in total. The van der Waals surface area contributed by atoms with Crippen LogP contribution in [-0.2, 0) is 24.4 Å². The average Bonchev–Trinajstić information content (AvgIpc) is 2.69. The Morgan fingerprint density at radius 1 is 1.47 bits per heavy atom. The SMILES string of the molecule is CCC1(CNCc2c(Br)nc3n2CCOC3)CCC1. The number of rotatable bonds is 5. The van der Waals surface area contributed by atoms with Gasteiger partial charge >= 0.3 is 0 Å². The van der Waals surface area contributed by atoms with Crippen molar-refractivity contribution in [2.45, 2.75) is 52.3 Å². The maximum atomic E-state index is 5.44. The Balaban J connectivity index is 1.62. The molecule has 1 saturated carbocycles. The second kappa shape index (κ2) is 5.54. The maximum Gasteiger partial charge on any atom is 0.136 e. The Morgan fingerprint density at radius 2 is 2.32 bits per heavy atom. The summed E-state index contributed by atoms with van der Waals surface area (Å²) in [5.74, 6) is 1.05. The molecule has 1 fully saturated rings. The van der Waals surface area contributed by atoms with Crippen molar-refractivity contribution in [3.63, 3.8) is 0 Å². The number of nitrogens with zero attached hydrogens (tertiary/aromatic N) is 2. The van der Waals surface area contributed by atoms with Crippen LogP contribution in [0.4, 0.5) is 0 Å². The zero-order chi connectivity index (χ0) is 13.3. The summed E-state index contributed by atoms with van der Waals surface area (Å²) in [5, 5.41) is 3.64. The van der Waals surface area contributed by atoms with Crippen LogP contribution in [0.25, 0.3) is 0 Å². The molecule has 0 amide bonds. The van der Waals surface area contributed by atoms with E-state index < -0.39 is 0 Å². The average molecular weight is 328 g/mol. The molecular formula is C14H22BrN3O. The number of hydrogen-bond acceptors (Lipinski definition) is 3. The molecule has 0 aromatic carbocycles. The molecule has 0 saturated heterocycles. The van der Waals surface area contributed by atoms with Gasteiger partial charge < -0.3 is 14.6 Å². The Morgan fingerprint density at radius 3 is 3.00 bits per heavy atom. The molecule has 3 rings (SSSR count). The van der Waals surface area contributed by atoms with Crippen LogP contribution in [0.3, 0.4) is 0 Å². The highest BCUT2D eigenvalue weighted by molar-refractivity contribution is 9.10. The molecule has 0 atom stereocenters. The summed E-state index contributed by atoms with van der Waals surface area (Å²) < 4.78 is 8.71. The second-order valence-corrected chi connectivity index (χ2v) is 6.53. The molecule has 1 aromatic rings. The fourth-order valence-electron chi connectivity index (χ4n) is 3.15. The molecule has 5 heteroatoms. The Hall–Kier alpha value is -0.390. The summed E-state index contributed by atoms with van der Waals surface area (Å²) in [6.45, 7) is 6.69. The first-order valence-electron chi connectivity index (χ1n) is 7.26. The summed E-state index contributed by atoms with van der Waals surface area (Å²) in [6.07, 6.45) is 5.46. The first kappa shape index (κ1) is 13.6. The molecule has 4 nitrogen and oxygen atoms in total. The van der Waals surface area contributed by atoms with E-state index in [2.05, 4.69) is 37.7 Å². The molecule has 19 heavy (non-hydrogen) atoms. The van der Waals surface area contributed by atoms with E-state index in [-0.39, 0.29) is 0 Å². The number of ether oxygens (including phenoxy) is 1. The van der Waals surface area contributed by atoms with Crippen molar-refractivity contribution in [2.24, 2.45) is 5.41 Å². The quantitative estimate of drug-likeness (QED) is 0.903. The number of hydrogen-bond donors (Lipinski definition) is 1. The first-order valence-corrected chi connectivity index (χ1v) is 8.06. The van der Waals surface area contributed by atoms with Crippen LogP contribution in [0, 0.1) is 5.41 Å². The highest BCUT2D eigenvalue weighted by Crippen LogP contribution is 2.43. The molecule has 1 aromatic heterocycles. The Labute approximate surface area is 123 Å². The lowest BCUT2D eigenvalue weighted by Crippen LogP contribution is -2.39. The molecule has 1 aliphatic carbocycles. The van der Waals surface area contributed by atoms with E-state index in [4.69, 9.17) is 4.74 Å². The van der Waals surface area contributed by atoms with Crippen LogP contribution < -0.4 is 5.32 Å². The normalized spacial score (nSPS) is 20.9. The fourth-order valence-corrected chi connectivity index (χ4v) is 3.70. The summed E-state index contributed by atoms with van der Waals surface area (Å²) >= 11 is 3.58. The van der Waals surface area contributed by atoms with Gasteiger partial charge in [-0.05, 0) is 40.6 Å². The van der Waals surface area contributed by atoms with Crippen LogP contribution in [0.5, 0.6) is 0 Å². The fraction of sp³-hybridized carbons (Fsp3) is 0.786. The molecule has 0 unspecified atom stereocenters. The van der Waals surface area contributed by atoms with E-state index in [9.17, 15) is 0 Å². The van der Waals surface area contributed by atoms with Crippen molar-refractivity contribution in [1.82, 2.24) is 14.9 Å². The minimum absolute atomic E-state index is 0.570. The van der Waals surface area contributed by atoms with Gasteiger partial charge in [-0.2, -0.15) is 0 Å². The lowest BCUT2D eigenvalue weighted by Gasteiger charge is -2.41. The molecular weight excluding hydrogens is 306 g/mol. The lowest BCUT2D eigenvalue weighted by atomic mass is 9.67. The predicted molar refractivity (Wildman–Crippen MR) is 77.9 cm³/mol. The van der Waals surface area contributed by atoms with Gasteiger partial charge in [0.25, 0.3) is 0 Å². The van der Waals surface area contributed by atoms with Crippen LogP contribution in [-0.4, -0.2) is 22.7 Å². The maximum absolute atomic E-state index is 5.44. The Bertz CT molecular complexity index is 448. The largest absolute Gasteiger partial charge is 0.372 e. The van der Waals surface area contributed by atoms with Crippen LogP contribution in [0.15, 0.2) is 4.60 Å². The van der Waals surface area contributed by atoms with Crippen molar-refractivity contribution in [3.8, 4) is 0 Å². The van der Waals surface area contributed by atoms with Crippen LogP contribution in [0.2, 0.25) is 0 Å². The zero-order valence-electron chi connectivity index (χ0n) is 11.5. The molecule has 0 radical (unpaired) electrons. The lowest BCUT2D eigenvalue weighted by molar-refractivity contribution is 0.0802. The van der Waals surface area contributed by atoms with Gasteiger partial charge in [0.15, 0.2) is 0 Å². The predicted octanol–water partition coefficient (Wildman–Crippen LogP) is 2.85. The van der Waals surface area contributed by atoms with E-state index in [1.165, 1.54) is 31.4 Å². The van der Waals surface area contributed by atoms with Gasteiger partial charge in [-0.1, -0.05) is 13.3 Å². The third-order valence-electron chi connectivity index (χ3n) is 4.75. The van der Waals surface area contributed by atoms with Crippen molar-refractivity contribution in [2.75, 3.05) is 13.2 Å². The van der Waals surface area contributed by atoms with Crippen molar-refractivity contribution < 1.29 is 4.74 Å². The van der Waals surface area contributed by atoms with Gasteiger partial charge in [0.1, 0.15) is 17.0 Å².